The van der Waals surface area contributed by atoms with Crippen LogP contribution >= 0.6 is 27.7 Å². The van der Waals surface area contributed by atoms with E-state index in [1.54, 1.807) is 0 Å². The minimum atomic E-state index is -0.304. The van der Waals surface area contributed by atoms with E-state index >= 15 is 0 Å². The summed E-state index contributed by atoms with van der Waals surface area (Å²) < 4.78 is 0.992. The number of likely N-dealkylation sites (tertiary alicyclic amines) is 1. The molecule has 1 saturated heterocycles. The van der Waals surface area contributed by atoms with Crippen LogP contribution < -0.4 is 5.73 Å². The number of hydrogen-bond acceptors (Lipinski definition) is 5. The van der Waals surface area contributed by atoms with Crippen molar-refractivity contribution in [3.63, 3.8) is 0 Å². The first-order valence-electron chi connectivity index (χ1n) is 10.2. The number of fused-ring (bicyclic) bond motifs is 1. The minimum Gasteiger partial charge on any atom is -0.369 e. The van der Waals surface area contributed by atoms with E-state index < -0.39 is 0 Å². The lowest BCUT2D eigenvalue weighted by molar-refractivity contribution is -0.134. The quantitative estimate of drug-likeness (QED) is 0.419. The summed E-state index contributed by atoms with van der Waals surface area (Å²) in [6.07, 6.45) is 1.26. The maximum Gasteiger partial charge on any atom is 0.235 e. The van der Waals surface area contributed by atoms with Crippen molar-refractivity contribution in [1.29, 1.82) is 0 Å². The van der Waals surface area contributed by atoms with Crippen molar-refractivity contribution in [2.45, 2.75) is 30.0 Å². The Hall–Kier alpha value is -2.45. The second-order valence-corrected chi connectivity index (χ2v) is 9.88. The van der Waals surface area contributed by atoms with E-state index in [4.69, 9.17) is 15.7 Å². The van der Waals surface area contributed by atoms with Crippen molar-refractivity contribution in [3.8, 4) is 11.4 Å². The van der Waals surface area contributed by atoms with E-state index in [0.717, 1.165) is 26.0 Å². The van der Waals surface area contributed by atoms with Gasteiger partial charge < -0.3 is 10.6 Å². The number of carbonyl (C=O) groups excluding carboxylic acids is 2. The Balaban J connectivity index is 1.58. The zero-order valence-corrected chi connectivity index (χ0v) is 19.5. The lowest BCUT2D eigenvalue weighted by atomic mass is 9.96. The predicted molar refractivity (Wildman–Crippen MR) is 126 cm³/mol. The SMILES string of the molecule is CC(Sc1nc(-c2ccc(Br)cc2)nc2ccccc12)C(=O)N1CCC(C(N)=O)CC1. The molecular weight excluding hydrogens is 476 g/mol. The number of rotatable bonds is 5. The molecular formula is C23H23BrN4O2S. The summed E-state index contributed by atoms with van der Waals surface area (Å²) >= 11 is 4.91. The number of carbonyl (C=O) groups is 2. The highest BCUT2D eigenvalue weighted by Gasteiger charge is 2.29. The van der Waals surface area contributed by atoms with Crippen LogP contribution in [-0.2, 0) is 9.59 Å². The highest BCUT2D eigenvalue weighted by atomic mass is 79.9. The van der Waals surface area contributed by atoms with Crippen LogP contribution in [0, 0.1) is 5.92 Å². The molecule has 4 rings (SSSR count). The molecule has 8 heteroatoms. The maximum atomic E-state index is 13.0. The van der Waals surface area contributed by atoms with Crippen molar-refractivity contribution in [3.05, 3.63) is 53.0 Å². The molecule has 0 radical (unpaired) electrons. The number of piperidine rings is 1. The van der Waals surface area contributed by atoms with Gasteiger partial charge >= 0.3 is 0 Å². The highest BCUT2D eigenvalue weighted by Crippen LogP contribution is 2.32. The Bertz CT molecular complexity index is 1110. The van der Waals surface area contributed by atoms with Gasteiger partial charge in [0.05, 0.1) is 10.8 Å². The number of para-hydroxylation sites is 1. The molecule has 0 aliphatic carbocycles. The molecule has 6 nitrogen and oxygen atoms in total. The number of hydrogen-bond donors (Lipinski definition) is 1. The van der Waals surface area contributed by atoms with Crippen LogP contribution in [-0.4, -0.2) is 45.0 Å². The molecule has 2 aromatic carbocycles. The van der Waals surface area contributed by atoms with Crippen molar-refractivity contribution >= 4 is 50.4 Å². The molecule has 1 aromatic heterocycles. The zero-order chi connectivity index (χ0) is 22.0. The van der Waals surface area contributed by atoms with E-state index in [2.05, 4.69) is 15.9 Å². The van der Waals surface area contributed by atoms with E-state index in [1.807, 2.05) is 60.4 Å². The van der Waals surface area contributed by atoms with Gasteiger partial charge in [0.25, 0.3) is 0 Å². The van der Waals surface area contributed by atoms with Gasteiger partial charge in [-0.05, 0) is 38.0 Å². The normalized spacial score (nSPS) is 15.7. The third-order valence-electron chi connectivity index (χ3n) is 5.52. The van der Waals surface area contributed by atoms with E-state index in [0.29, 0.717) is 31.8 Å². The first-order chi connectivity index (χ1) is 14.9. The van der Waals surface area contributed by atoms with Gasteiger partial charge in [0.15, 0.2) is 5.82 Å². The zero-order valence-electron chi connectivity index (χ0n) is 17.1. The van der Waals surface area contributed by atoms with Crippen LogP contribution in [0.5, 0.6) is 0 Å². The lowest BCUT2D eigenvalue weighted by Crippen LogP contribution is -2.44. The number of aromatic nitrogens is 2. The Morgan fingerprint density at radius 3 is 2.45 bits per heavy atom. The number of nitrogens with two attached hydrogens (primary N) is 1. The lowest BCUT2D eigenvalue weighted by Gasteiger charge is -2.32. The van der Waals surface area contributed by atoms with Crippen molar-refractivity contribution < 1.29 is 9.59 Å². The van der Waals surface area contributed by atoms with Crippen molar-refractivity contribution in [2.75, 3.05) is 13.1 Å². The summed E-state index contributed by atoms with van der Waals surface area (Å²) in [5.41, 5.74) is 7.18. The molecule has 1 aliphatic heterocycles. The number of thioether (sulfide) groups is 1. The van der Waals surface area contributed by atoms with Crippen LogP contribution in [0.15, 0.2) is 58.0 Å². The Morgan fingerprint density at radius 1 is 1.10 bits per heavy atom. The van der Waals surface area contributed by atoms with Crippen LogP contribution in [0.1, 0.15) is 19.8 Å². The van der Waals surface area contributed by atoms with Gasteiger partial charge in [-0.1, -0.05) is 58.0 Å². The Kier molecular flexibility index (Phi) is 6.57. The molecule has 31 heavy (non-hydrogen) atoms. The maximum absolute atomic E-state index is 13.0. The van der Waals surface area contributed by atoms with Gasteiger partial charge in [0.1, 0.15) is 5.03 Å². The summed E-state index contributed by atoms with van der Waals surface area (Å²) in [6, 6.07) is 15.7. The topological polar surface area (TPSA) is 89.2 Å². The van der Waals surface area contributed by atoms with Crippen molar-refractivity contribution in [1.82, 2.24) is 14.9 Å². The minimum absolute atomic E-state index is 0.0563. The molecule has 0 saturated carbocycles. The number of nitrogens with zero attached hydrogens (tertiary/aromatic N) is 3. The van der Waals surface area contributed by atoms with Crippen molar-refractivity contribution in [2.24, 2.45) is 11.7 Å². The summed E-state index contributed by atoms with van der Waals surface area (Å²) in [4.78, 5) is 35.8. The van der Waals surface area contributed by atoms with E-state index in [-0.39, 0.29) is 23.0 Å². The third kappa shape index (κ3) is 4.91. The molecule has 1 atom stereocenters. The Morgan fingerprint density at radius 2 is 1.77 bits per heavy atom. The average molecular weight is 499 g/mol. The van der Waals surface area contributed by atoms with Gasteiger partial charge in [-0.15, -0.1) is 0 Å². The van der Waals surface area contributed by atoms with Gasteiger partial charge in [-0.2, -0.15) is 0 Å². The summed E-state index contributed by atoms with van der Waals surface area (Å²) in [5, 5.41) is 1.41. The van der Waals surface area contributed by atoms with Gasteiger partial charge in [0.2, 0.25) is 11.8 Å². The van der Waals surface area contributed by atoms with Gasteiger partial charge in [0, 0.05) is 34.4 Å². The third-order valence-corrected chi connectivity index (χ3v) is 7.13. The number of primary amides is 1. The molecule has 0 spiro atoms. The molecule has 0 bridgehead atoms. The first-order valence-corrected chi connectivity index (χ1v) is 11.9. The van der Waals surface area contributed by atoms with E-state index in [1.165, 1.54) is 11.8 Å². The monoisotopic (exact) mass is 498 g/mol. The van der Waals surface area contributed by atoms with E-state index in [9.17, 15) is 9.59 Å². The number of benzene rings is 2. The van der Waals surface area contributed by atoms with Crippen LogP contribution in [0.3, 0.4) is 0 Å². The first kappa shape index (κ1) is 21.8. The average Bonchev–Trinajstić information content (AvgIpc) is 2.79. The molecule has 2 N–H and O–H groups in total. The summed E-state index contributed by atoms with van der Waals surface area (Å²) in [5.74, 6) is 0.283. The molecule has 160 valence electrons. The number of halogens is 1. The van der Waals surface area contributed by atoms with Crippen LogP contribution in [0.25, 0.3) is 22.3 Å². The van der Waals surface area contributed by atoms with Crippen LogP contribution in [0.4, 0.5) is 0 Å². The fourth-order valence-electron chi connectivity index (χ4n) is 3.72. The summed E-state index contributed by atoms with van der Waals surface area (Å²) in [6.45, 7) is 3.03. The molecule has 1 aliphatic rings. The van der Waals surface area contributed by atoms with Gasteiger partial charge in [-0.25, -0.2) is 9.97 Å². The molecule has 3 aromatic rings. The Labute approximate surface area is 193 Å². The second-order valence-electron chi connectivity index (χ2n) is 7.64. The predicted octanol–water partition coefficient (Wildman–Crippen LogP) is 4.26. The van der Waals surface area contributed by atoms with Crippen LogP contribution in [0.2, 0.25) is 0 Å². The molecule has 1 unspecified atom stereocenters. The summed E-state index contributed by atoms with van der Waals surface area (Å²) in [7, 11) is 0. The molecule has 1 fully saturated rings. The highest BCUT2D eigenvalue weighted by molar-refractivity contribution is 9.10. The largest absolute Gasteiger partial charge is 0.369 e. The van der Waals surface area contributed by atoms with Gasteiger partial charge in [-0.3, -0.25) is 9.59 Å². The smallest absolute Gasteiger partial charge is 0.235 e. The standard InChI is InChI=1S/C23H23BrN4O2S/c1-14(23(30)28-12-10-15(11-13-28)20(25)29)31-22-18-4-2-3-5-19(18)26-21(27-22)16-6-8-17(24)9-7-16/h2-9,14-15H,10-13H2,1H3,(H2,25,29). The second kappa shape index (κ2) is 9.36. The fraction of sp³-hybridized carbons (Fsp3) is 0.304. The number of amides is 2. The molecule has 2 heterocycles. The molecule has 2 amide bonds. The fourth-order valence-corrected chi connectivity index (χ4v) is 5.01.